The molecule has 0 aliphatic heterocycles. The number of nitrogens with zero attached hydrogens (tertiary/aromatic N) is 1. The third-order valence-electron chi connectivity index (χ3n) is 9.34. The second kappa shape index (κ2) is 36.1. The van der Waals surface area contributed by atoms with Gasteiger partial charge in [-0.05, 0) is 51.4 Å². The van der Waals surface area contributed by atoms with Gasteiger partial charge in [-0.15, -0.1) is 6.58 Å². The summed E-state index contributed by atoms with van der Waals surface area (Å²) in [6.07, 6.45) is 36.6. The molecular formula is C43H82NO8P. The Morgan fingerprint density at radius 3 is 1.53 bits per heavy atom. The molecule has 0 rings (SSSR count). The van der Waals surface area contributed by atoms with Crippen LogP contribution in [0.1, 0.15) is 187 Å². The van der Waals surface area contributed by atoms with Crippen LogP contribution in [0.5, 0.6) is 0 Å². The number of quaternary nitrogens is 1. The number of hydrogen-bond acceptors (Lipinski definition) is 8. The molecule has 0 aromatic heterocycles. The minimum absolute atomic E-state index is 0.0317. The van der Waals surface area contributed by atoms with E-state index in [1.807, 2.05) is 27.2 Å². The first-order valence-electron chi connectivity index (χ1n) is 21.5. The van der Waals surface area contributed by atoms with Crippen molar-refractivity contribution in [2.24, 2.45) is 0 Å². The molecular weight excluding hydrogens is 689 g/mol. The molecule has 0 amide bonds. The third kappa shape index (κ3) is 40.0. The van der Waals surface area contributed by atoms with E-state index in [0.29, 0.717) is 17.4 Å². The number of carbonyl (C=O) groups excluding carboxylic acids is 2. The van der Waals surface area contributed by atoms with Gasteiger partial charge >= 0.3 is 11.9 Å². The maximum atomic E-state index is 12.6. The highest BCUT2D eigenvalue weighted by atomic mass is 31.2. The van der Waals surface area contributed by atoms with Crippen LogP contribution in [0.4, 0.5) is 0 Å². The van der Waals surface area contributed by atoms with E-state index in [-0.39, 0.29) is 32.0 Å². The first-order valence-corrected chi connectivity index (χ1v) is 23.0. The normalized spacial score (nSPS) is 13.6. The molecule has 0 fully saturated rings. The van der Waals surface area contributed by atoms with Crippen molar-refractivity contribution in [1.29, 1.82) is 0 Å². The van der Waals surface area contributed by atoms with Crippen molar-refractivity contribution in [1.82, 2.24) is 0 Å². The molecule has 0 aliphatic carbocycles. The Morgan fingerprint density at radius 2 is 1.06 bits per heavy atom. The molecule has 0 saturated heterocycles. The van der Waals surface area contributed by atoms with Gasteiger partial charge in [0.05, 0.1) is 27.7 Å². The molecule has 0 heterocycles. The third-order valence-corrected chi connectivity index (χ3v) is 10.3. The van der Waals surface area contributed by atoms with E-state index in [1.54, 1.807) is 0 Å². The zero-order chi connectivity index (χ0) is 39.3. The molecule has 312 valence electrons. The van der Waals surface area contributed by atoms with E-state index in [0.717, 1.165) is 57.8 Å². The highest BCUT2D eigenvalue weighted by Gasteiger charge is 2.21. The van der Waals surface area contributed by atoms with Crippen LogP contribution in [0.15, 0.2) is 24.8 Å². The van der Waals surface area contributed by atoms with E-state index in [4.69, 9.17) is 18.5 Å². The number of carbonyl (C=O) groups is 2. The second-order valence-corrected chi connectivity index (χ2v) is 17.2. The highest BCUT2D eigenvalue weighted by molar-refractivity contribution is 7.45. The summed E-state index contributed by atoms with van der Waals surface area (Å²) in [5, 5.41) is 0. The van der Waals surface area contributed by atoms with Crippen molar-refractivity contribution in [2.75, 3.05) is 47.5 Å². The minimum atomic E-state index is -4.62. The van der Waals surface area contributed by atoms with E-state index >= 15 is 0 Å². The molecule has 0 N–H and O–H groups in total. The summed E-state index contributed by atoms with van der Waals surface area (Å²) in [5.41, 5.74) is 0. The molecule has 1 unspecified atom stereocenters. The van der Waals surface area contributed by atoms with Crippen LogP contribution in [0, 0.1) is 0 Å². The quantitative estimate of drug-likeness (QED) is 0.0199. The van der Waals surface area contributed by atoms with Gasteiger partial charge < -0.3 is 27.9 Å². The van der Waals surface area contributed by atoms with Crippen LogP contribution < -0.4 is 4.89 Å². The van der Waals surface area contributed by atoms with Gasteiger partial charge in [-0.3, -0.25) is 14.2 Å². The molecule has 0 aromatic rings. The number of phosphoric acid groups is 1. The van der Waals surface area contributed by atoms with Crippen molar-refractivity contribution in [3.63, 3.8) is 0 Å². The predicted molar refractivity (Wildman–Crippen MR) is 218 cm³/mol. The van der Waals surface area contributed by atoms with Gasteiger partial charge in [-0.2, -0.15) is 0 Å². The summed E-state index contributed by atoms with van der Waals surface area (Å²) >= 11 is 0. The molecule has 0 radical (unpaired) electrons. The largest absolute Gasteiger partial charge is 0.756 e. The summed E-state index contributed by atoms with van der Waals surface area (Å²) in [5.74, 6) is -0.843. The SMILES string of the molecule is C=CCCCCCCCCCCCCCCCC(=O)OC[C@H](COP(=O)([O-])OCC[N+](C)(C)C)OC(=O)CCCCCCC/C=C/CCCCCCC. The molecule has 0 saturated carbocycles. The fraction of sp³-hybridized carbons (Fsp3) is 0.860. The Kier molecular flexibility index (Phi) is 35.1. The Bertz CT molecular complexity index is 951. The lowest BCUT2D eigenvalue weighted by molar-refractivity contribution is -0.870. The number of unbranched alkanes of at least 4 members (excludes halogenated alkanes) is 23. The Morgan fingerprint density at radius 1 is 0.623 bits per heavy atom. The fourth-order valence-corrected chi connectivity index (χ4v) is 6.65. The summed E-state index contributed by atoms with van der Waals surface area (Å²) in [7, 11) is 1.16. The molecule has 2 atom stereocenters. The van der Waals surface area contributed by atoms with Crippen LogP contribution in [-0.4, -0.2) is 70.0 Å². The van der Waals surface area contributed by atoms with Gasteiger partial charge in [0.25, 0.3) is 7.82 Å². The van der Waals surface area contributed by atoms with Crippen LogP contribution in [0.25, 0.3) is 0 Å². The molecule has 10 heteroatoms. The van der Waals surface area contributed by atoms with E-state index in [9.17, 15) is 19.0 Å². The Hall–Kier alpha value is -1.51. The molecule has 0 aliphatic rings. The van der Waals surface area contributed by atoms with Gasteiger partial charge in [-0.25, -0.2) is 0 Å². The first-order chi connectivity index (χ1) is 25.5. The number of phosphoric ester groups is 1. The molecule has 53 heavy (non-hydrogen) atoms. The number of likely N-dealkylation sites (N-methyl/N-ethyl adjacent to an activating group) is 1. The number of allylic oxidation sites excluding steroid dienone is 3. The molecule has 0 spiro atoms. The monoisotopic (exact) mass is 772 g/mol. The number of rotatable bonds is 40. The Labute approximate surface area is 326 Å². The zero-order valence-corrected chi connectivity index (χ0v) is 35.7. The summed E-state index contributed by atoms with van der Waals surface area (Å²) in [6.45, 7) is 5.73. The Balaban J connectivity index is 4.35. The lowest BCUT2D eigenvalue weighted by Gasteiger charge is -2.28. The van der Waals surface area contributed by atoms with Crippen LogP contribution in [0.2, 0.25) is 0 Å². The van der Waals surface area contributed by atoms with Crippen molar-refractivity contribution in [3.8, 4) is 0 Å². The maximum Gasteiger partial charge on any atom is 0.306 e. The van der Waals surface area contributed by atoms with Crippen LogP contribution in [-0.2, 0) is 32.7 Å². The first kappa shape index (κ1) is 51.5. The minimum Gasteiger partial charge on any atom is -0.756 e. The maximum absolute atomic E-state index is 12.6. The highest BCUT2D eigenvalue weighted by Crippen LogP contribution is 2.38. The van der Waals surface area contributed by atoms with Gasteiger partial charge in [0.15, 0.2) is 6.10 Å². The molecule has 0 aromatic carbocycles. The van der Waals surface area contributed by atoms with E-state index < -0.39 is 26.5 Å². The molecule has 0 bridgehead atoms. The van der Waals surface area contributed by atoms with Crippen molar-refractivity contribution in [2.45, 2.75) is 193 Å². The fourth-order valence-electron chi connectivity index (χ4n) is 5.92. The lowest BCUT2D eigenvalue weighted by Crippen LogP contribution is -2.37. The second-order valence-electron chi connectivity index (χ2n) is 15.8. The lowest BCUT2D eigenvalue weighted by atomic mass is 10.0. The number of esters is 2. The number of hydrogen-bond donors (Lipinski definition) is 0. The van der Waals surface area contributed by atoms with E-state index in [2.05, 4.69) is 25.7 Å². The summed E-state index contributed by atoms with van der Waals surface area (Å²) < 4.78 is 33.9. The van der Waals surface area contributed by atoms with Crippen molar-refractivity contribution >= 4 is 19.8 Å². The smallest absolute Gasteiger partial charge is 0.306 e. The van der Waals surface area contributed by atoms with Crippen LogP contribution >= 0.6 is 7.82 Å². The van der Waals surface area contributed by atoms with Crippen molar-refractivity contribution < 1.29 is 42.1 Å². The summed E-state index contributed by atoms with van der Waals surface area (Å²) in [6, 6.07) is 0. The summed E-state index contributed by atoms with van der Waals surface area (Å²) in [4.78, 5) is 37.5. The topological polar surface area (TPSA) is 111 Å². The zero-order valence-electron chi connectivity index (χ0n) is 34.8. The standard InChI is InChI=1S/C43H82NO8P/c1-6-8-10-12-14-16-18-20-22-24-25-27-29-31-33-35-42(45)49-39-41(40-51-53(47,48)50-38-37-44(3,4)5)52-43(46)36-34-32-30-28-26-23-21-19-17-15-13-11-9-7-2/h6,19,21,41H,1,7-18,20,22-40H2,2-5H3/b21-19+/t41-/m1/s1. The average Bonchev–Trinajstić information content (AvgIpc) is 3.10. The van der Waals surface area contributed by atoms with Gasteiger partial charge in [-0.1, -0.05) is 141 Å². The van der Waals surface area contributed by atoms with Crippen LogP contribution in [0.3, 0.4) is 0 Å². The van der Waals surface area contributed by atoms with Gasteiger partial charge in [0, 0.05) is 12.8 Å². The molecule has 9 nitrogen and oxygen atoms in total. The average molecular weight is 772 g/mol. The predicted octanol–water partition coefficient (Wildman–Crippen LogP) is 11.3. The number of ether oxygens (including phenoxy) is 2. The van der Waals surface area contributed by atoms with Gasteiger partial charge in [0.1, 0.15) is 19.8 Å². The van der Waals surface area contributed by atoms with Gasteiger partial charge in [0.2, 0.25) is 0 Å². The van der Waals surface area contributed by atoms with E-state index in [1.165, 1.54) is 103 Å². The van der Waals surface area contributed by atoms with Crippen molar-refractivity contribution in [3.05, 3.63) is 24.8 Å².